The number of piperidine rings is 1. The lowest BCUT2D eigenvalue weighted by atomic mass is 9.51. The zero-order valence-electron chi connectivity index (χ0n) is 34.2. The Labute approximate surface area is 367 Å². The fraction of sp³-hybridized carbons (Fsp3) is 0.383. The van der Waals surface area contributed by atoms with Crippen molar-refractivity contribution in [2.24, 2.45) is 36.1 Å². The van der Waals surface area contributed by atoms with Crippen molar-refractivity contribution >= 4 is 74.1 Å². The number of methoxy groups -OCH3 is 1. The Bertz CT molecular complexity index is 2710. The smallest absolute Gasteiger partial charge is 0.242 e. The maximum Gasteiger partial charge on any atom is 0.242 e. The van der Waals surface area contributed by atoms with Gasteiger partial charge in [-0.1, -0.05) is 65.2 Å². The summed E-state index contributed by atoms with van der Waals surface area (Å²) in [5.74, 6) is -4.22. The van der Waals surface area contributed by atoms with Gasteiger partial charge in [0.05, 0.1) is 40.2 Å². The highest BCUT2D eigenvalue weighted by atomic mass is 35.5. The average Bonchev–Trinajstić information content (AvgIpc) is 3.92. The van der Waals surface area contributed by atoms with Gasteiger partial charge in [-0.3, -0.25) is 33.7 Å². The first-order valence-corrected chi connectivity index (χ1v) is 22.4. The predicted octanol–water partition coefficient (Wildman–Crippen LogP) is 8.53. The molecule has 1 saturated carbocycles. The number of hydrogen-bond donors (Lipinski definition) is 1. The number of phenols is 1. The molecule has 3 aliphatic heterocycles. The fourth-order valence-electron chi connectivity index (χ4n) is 11.3. The first-order chi connectivity index (χ1) is 29.3. The van der Waals surface area contributed by atoms with E-state index in [0.717, 1.165) is 45.7 Å². The number of phenolic OH excluding ortho intramolecular Hbond substituents is 1. The molecule has 5 aromatic rings. The van der Waals surface area contributed by atoms with E-state index in [-0.39, 0.29) is 46.7 Å². The van der Waals surface area contributed by atoms with E-state index in [1.807, 2.05) is 56.3 Å². The minimum atomic E-state index is -1.33. The Morgan fingerprint density at radius 3 is 2.44 bits per heavy atom. The molecule has 0 spiro atoms. The Kier molecular flexibility index (Phi) is 9.74. The number of likely N-dealkylation sites (tertiary alicyclic amines) is 2. The zero-order chi connectivity index (χ0) is 42.6. The van der Waals surface area contributed by atoms with Crippen molar-refractivity contribution in [1.82, 2.24) is 19.6 Å². The van der Waals surface area contributed by atoms with Gasteiger partial charge in [0, 0.05) is 54.4 Å². The summed E-state index contributed by atoms with van der Waals surface area (Å²) in [6.45, 7) is 6.19. The number of ether oxygens (including phenoxy) is 1. The molecule has 14 heteroatoms. The summed E-state index contributed by atoms with van der Waals surface area (Å²) in [5.41, 5.74) is 2.93. The molecule has 4 fully saturated rings. The van der Waals surface area contributed by atoms with Gasteiger partial charge in [-0.15, -0.1) is 11.3 Å². The van der Waals surface area contributed by atoms with E-state index in [1.165, 1.54) is 17.6 Å². The van der Waals surface area contributed by atoms with Crippen LogP contribution in [-0.2, 0) is 32.8 Å². The van der Waals surface area contributed by atoms with E-state index in [9.17, 15) is 14.7 Å². The number of benzene rings is 3. The maximum absolute atomic E-state index is 15.3. The molecule has 3 aromatic carbocycles. The van der Waals surface area contributed by atoms with Gasteiger partial charge in [0.15, 0.2) is 11.5 Å². The minimum Gasteiger partial charge on any atom is -0.503 e. The van der Waals surface area contributed by atoms with Crippen LogP contribution < -0.4 is 9.64 Å². The van der Waals surface area contributed by atoms with E-state index in [4.69, 9.17) is 33.0 Å². The number of thiophene rings is 1. The second-order valence-corrected chi connectivity index (χ2v) is 19.4. The zero-order valence-corrected chi connectivity index (χ0v) is 36.6. The minimum absolute atomic E-state index is 0.0349. The largest absolute Gasteiger partial charge is 0.503 e. The lowest BCUT2D eigenvalue weighted by Gasteiger charge is -2.49. The summed E-state index contributed by atoms with van der Waals surface area (Å²) in [7, 11) is 3.15. The molecule has 61 heavy (non-hydrogen) atoms. The third kappa shape index (κ3) is 6.11. The molecule has 314 valence electrons. The van der Waals surface area contributed by atoms with Crippen molar-refractivity contribution in [3.8, 4) is 22.1 Å². The number of nitrogens with zero attached hydrogens (tertiary/aromatic N) is 5. The van der Waals surface area contributed by atoms with Crippen LogP contribution in [0.15, 0.2) is 78.4 Å². The summed E-state index contributed by atoms with van der Waals surface area (Å²) in [6.07, 6.45) is 3.95. The van der Waals surface area contributed by atoms with E-state index in [2.05, 4.69) is 17.0 Å². The van der Waals surface area contributed by atoms with Crippen LogP contribution in [0.5, 0.6) is 11.5 Å². The SMILES string of the molecule is COc1cc(C2C3=CCC4C(=O)N(C5CCN(Cc6ccccc6)CC5)C(=O)C4C3CC3C(=O)N(c4cc(-c5sc6ccc(Cl)cc6c5C)nn4C)C(=O)C32C)cc(Cl)c1O. The molecule has 6 unspecified atom stereocenters. The molecule has 2 aliphatic carbocycles. The fourth-order valence-corrected chi connectivity index (χ4v) is 12.8. The highest BCUT2D eigenvalue weighted by molar-refractivity contribution is 7.22. The van der Waals surface area contributed by atoms with Crippen molar-refractivity contribution in [3.05, 3.63) is 105 Å². The van der Waals surface area contributed by atoms with Gasteiger partial charge < -0.3 is 9.84 Å². The number of halogens is 2. The van der Waals surface area contributed by atoms with E-state index in [0.29, 0.717) is 41.4 Å². The number of anilines is 1. The molecule has 5 aliphatic rings. The Morgan fingerprint density at radius 1 is 0.951 bits per heavy atom. The van der Waals surface area contributed by atoms with Gasteiger partial charge >= 0.3 is 0 Å². The maximum atomic E-state index is 15.3. The molecule has 2 aromatic heterocycles. The molecule has 1 N–H and O–H groups in total. The molecule has 4 amide bonds. The van der Waals surface area contributed by atoms with Gasteiger partial charge in [0.1, 0.15) is 11.5 Å². The Balaban J connectivity index is 1.01. The molecular weight excluding hydrogens is 834 g/mol. The number of aromatic nitrogens is 2. The average molecular weight is 879 g/mol. The molecule has 11 nitrogen and oxygen atoms in total. The number of imide groups is 2. The predicted molar refractivity (Wildman–Crippen MR) is 235 cm³/mol. The van der Waals surface area contributed by atoms with Crippen LogP contribution in [0, 0.1) is 36.0 Å². The number of rotatable bonds is 7. The van der Waals surface area contributed by atoms with Crippen molar-refractivity contribution in [2.45, 2.75) is 58.0 Å². The standard InChI is InChI=1S/C47H45Cl2N5O6S/c1-24-31-20-27(48)10-13-37(31)61-42(24)35-22-38(51(3)50-35)54-44(57)33-21-32-29(40(47(33,2)46(54)59)26-18-34(49)41(55)36(19-26)60-4)11-12-30-39(32)45(58)53(43(30)56)28-14-16-52(17-15-28)23-25-8-6-5-7-9-25/h5-11,13,18-20,22,28,30,32-33,39-40,55H,12,14-17,21,23H2,1-4H3. The van der Waals surface area contributed by atoms with Gasteiger partial charge in [-0.25, -0.2) is 4.90 Å². The second kappa shape index (κ2) is 14.8. The Hall–Kier alpha value is -5.01. The third-order valence-corrected chi connectivity index (χ3v) is 16.1. The lowest BCUT2D eigenvalue weighted by molar-refractivity contribution is -0.144. The van der Waals surface area contributed by atoms with Crippen molar-refractivity contribution in [1.29, 1.82) is 0 Å². The number of hydrogen-bond acceptors (Lipinski definition) is 9. The van der Waals surface area contributed by atoms with Crippen LogP contribution in [0.3, 0.4) is 0 Å². The van der Waals surface area contributed by atoms with E-state index in [1.54, 1.807) is 46.2 Å². The van der Waals surface area contributed by atoms with Crippen molar-refractivity contribution < 1.29 is 29.0 Å². The van der Waals surface area contributed by atoms with Gasteiger partial charge in [-0.05, 0) is 97.9 Å². The molecule has 3 saturated heterocycles. The molecule has 0 bridgehead atoms. The monoisotopic (exact) mass is 877 g/mol. The lowest BCUT2D eigenvalue weighted by Crippen LogP contribution is -2.49. The second-order valence-electron chi connectivity index (χ2n) is 17.5. The first-order valence-electron chi connectivity index (χ1n) is 20.8. The number of aryl methyl sites for hydroxylation is 2. The van der Waals surface area contributed by atoms with Crippen LogP contribution in [0.25, 0.3) is 20.7 Å². The van der Waals surface area contributed by atoms with Gasteiger partial charge in [-0.2, -0.15) is 5.10 Å². The summed E-state index contributed by atoms with van der Waals surface area (Å²) in [4.78, 5) is 65.7. The Morgan fingerprint density at radius 2 is 1.70 bits per heavy atom. The first kappa shape index (κ1) is 40.1. The molecule has 0 radical (unpaired) electrons. The summed E-state index contributed by atoms with van der Waals surface area (Å²) in [6, 6.07) is 20.9. The van der Waals surface area contributed by atoms with E-state index >= 15 is 9.59 Å². The number of amides is 4. The normalized spacial score (nSPS) is 26.9. The van der Waals surface area contributed by atoms with Gasteiger partial charge in [0.25, 0.3) is 0 Å². The van der Waals surface area contributed by atoms with Crippen LogP contribution in [-0.4, -0.2) is 74.6 Å². The van der Waals surface area contributed by atoms with Crippen LogP contribution in [0.1, 0.15) is 55.2 Å². The highest BCUT2D eigenvalue weighted by Crippen LogP contribution is 2.64. The number of fused-ring (bicyclic) bond motifs is 5. The van der Waals surface area contributed by atoms with Crippen LogP contribution in [0.4, 0.5) is 5.82 Å². The van der Waals surface area contributed by atoms with Crippen molar-refractivity contribution in [3.63, 3.8) is 0 Å². The summed E-state index contributed by atoms with van der Waals surface area (Å²) >= 11 is 14.6. The third-order valence-electron chi connectivity index (χ3n) is 14.3. The number of carbonyl (C=O) groups excluding carboxylic acids is 4. The highest BCUT2D eigenvalue weighted by Gasteiger charge is 2.68. The number of aromatic hydroxyl groups is 1. The molecule has 5 heterocycles. The quantitative estimate of drug-likeness (QED) is 0.128. The molecular formula is C47H45Cl2N5O6S. The summed E-state index contributed by atoms with van der Waals surface area (Å²) in [5, 5.41) is 17.3. The topological polar surface area (TPSA) is 125 Å². The molecule has 10 rings (SSSR count). The number of allylic oxidation sites excluding steroid dienone is 2. The van der Waals surface area contributed by atoms with Crippen molar-refractivity contribution in [2.75, 3.05) is 25.1 Å². The van der Waals surface area contributed by atoms with E-state index < -0.39 is 40.9 Å². The summed E-state index contributed by atoms with van der Waals surface area (Å²) < 4.78 is 8.17. The van der Waals surface area contributed by atoms with Crippen LogP contribution in [0.2, 0.25) is 10.0 Å². The van der Waals surface area contributed by atoms with Crippen LogP contribution >= 0.6 is 34.5 Å². The van der Waals surface area contributed by atoms with Gasteiger partial charge in [0.2, 0.25) is 23.6 Å². The molecule has 6 atom stereocenters. The number of carbonyl (C=O) groups is 4.